The molecule has 5 heterocycles. The Morgan fingerprint density at radius 3 is 2.34 bits per heavy atom. The third kappa shape index (κ3) is 9.80. The normalized spacial score (nSPS) is 19.6. The number of likely N-dealkylation sites (tertiary alicyclic amines) is 2. The van der Waals surface area contributed by atoms with Gasteiger partial charge in [0.05, 0.1) is 33.8 Å². The monoisotopic (exact) mass is 883 g/mol. The Hall–Kier alpha value is -4.96. The molecule has 0 bridgehead atoms. The van der Waals surface area contributed by atoms with E-state index in [1.165, 1.54) is 23.0 Å². The smallest absolute Gasteiger partial charge is 0.249 e. The minimum absolute atomic E-state index is 0.0529. The van der Waals surface area contributed by atoms with Crippen LogP contribution in [0.25, 0.3) is 0 Å². The molecule has 1 aromatic heterocycles. The zero-order valence-electron chi connectivity index (χ0n) is 36.2. The summed E-state index contributed by atoms with van der Waals surface area (Å²) in [5.74, 6) is 1.94. The van der Waals surface area contributed by atoms with Crippen molar-refractivity contribution in [3.8, 4) is 5.75 Å². The first-order valence-corrected chi connectivity index (χ1v) is 23.7. The number of hydrogen-bond acceptors (Lipinski definition) is 13. The van der Waals surface area contributed by atoms with E-state index in [0.717, 1.165) is 75.8 Å². The summed E-state index contributed by atoms with van der Waals surface area (Å²) in [6.45, 7) is 17.1. The summed E-state index contributed by atoms with van der Waals surface area (Å²) in [4.78, 5) is 40.6. The molecule has 0 spiro atoms. The van der Waals surface area contributed by atoms with Gasteiger partial charge in [-0.1, -0.05) is 23.7 Å². The van der Waals surface area contributed by atoms with Crippen LogP contribution in [0.15, 0.2) is 71.8 Å². The van der Waals surface area contributed by atoms with E-state index >= 15 is 0 Å². The zero-order valence-corrected chi connectivity index (χ0v) is 37.7. The highest BCUT2D eigenvalue weighted by Gasteiger charge is 2.38. The van der Waals surface area contributed by atoms with Gasteiger partial charge in [0, 0.05) is 62.5 Å². The lowest BCUT2D eigenvalue weighted by Gasteiger charge is -2.51. The summed E-state index contributed by atoms with van der Waals surface area (Å²) in [5.41, 5.74) is 5.70. The van der Waals surface area contributed by atoms with Crippen LogP contribution in [0.2, 0.25) is 5.02 Å². The Labute approximate surface area is 370 Å². The molecule has 4 aliphatic rings. The first-order valence-electron chi connectivity index (χ1n) is 21.8. The number of aromatic nitrogens is 2. The number of sulfone groups is 1. The van der Waals surface area contributed by atoms with Crippen LogP contribution >= 0.6 is 11.6 Å². The van der Waals surface area contributed by atoms with Crippen molar-refractivity contribution in [1.29, 1.82) is 0 Å². The van der Waals surface area contributed by atoms with Gasteiger partial charge in [-0.2, -0.15) is 4.98 Å². The number of benzene rings is 3. The number of aryl methyl sites for hydroxylation is 1. The number of piperidine rings is 2. The topological polar surface area (TPSA) is 161 Å². The Morgan fingerprint density at radius 1 is 0.919 bits per heavy atom. The summed E-state index contributed by atoms with van der Waals surface area (Å²) in [6, 6.07) is 19.5. The van der Waals surface area contributed by atoms with E-state index < -0.39 is 15.1 Å². The molecule has 0 saturated carbocycles. The van der Waals surface area contributed by atoms with Crippen molar-refractivity contribution in [1.82, 2.24) is 25.1 Å². The largest absolute Gasteiger partial charge is 0.489 e. The molecular weight excluding hydrogens is 826 g/mol. The number of amides is 2. The van der Waals surface area contributed by atoms with Gasteiger partial charge in [0.2, 0.25) is 17.8 Å². The number of imide groups is 1. The fourth-order valence-electron chi connectivity index (χ4n) is 8.99. The minimum atomic E-state index is -3.56. The number of nitrogens with one attached hydrogen (secondary N) is 4. The number of para-hydroxylation sites is 1. The van der Waals surface area contributed by atoms with E-state index in [1.807, 2.05) is 26.0 Å². The van der Waals surface area contributed by atoms with Gasteiger partial charge in [0.1, 0.15) is 16.8 Å². The third-order valence-electron chi connectivity index (χ3n) is 12.5. The average molecular weight is 885 g/mol. The number of ether oxygens (including phenoxy) is 1. The first kappa shape index (κ1) is 43.7. The van der Waals surface area contributed by atoms with Crippen LogP contribution in [0, 0.1) is 12.8 Å². The van der Waals surface area contributed by atoms with Crippen LogP contribution in [0.4, 0.5) is 34.5 Å². The van der Waals surface area contributed by atoms with E-state index in [0.29, 0.717) is 42.4 Å². The number of halogens is 1. The predicted octanol–water partition coefficient (Wildman–Crippen LogP) is 7.11. The minimum Gasteiger partial charge on any atom is -0.489 e. The van der Waals surface area contributed by atoms with E-state index in [-0.39, 0.29) is 39.7 Å². The lowest BCUT2D eigenvalue weighted by Crippen LogP contribution is -2.63. The Morgan fingerprint density at radius 2 is 1.65 bits per heavy atom. The molecule has 1 unspecified atom stereocenters. The van der Waals surface area contributed by atoms with Gasteiger partial charge in [-0.15, -0.1) is 0 Å². The van der Waals surface area contributed by atoms with Crippen molar-refractivity contribution in [2.24, 2.45) is 5.92 Å². The standard InChI is InChI=1S/C46H58ClN9O5S/c1-28(2)61-41-21-36(30(5)20-40(41)51-46-48-22-37(47)44(53-46)50-38-8-6-7-9-42(38)62(59,60)29(3)4)32-16-18-55(19-17-32)35-26-54(27-35)23-31-24-56(25-31)34-12-10-33(11-13-34)49-39-14-15-43(57)52-45(39)58/h6-13,20-22,28-29,31-32,35,39,49H,14-19,23-27H2,1-5H3,(H,52,57,58)(H2,48,50,51,53). The number of rotatable bonds is 15. The van der Waals surface area contributed by atoms with E-state index in [9.17, 15) is 18.0 Å². The van der Waals surface area contributed by atoms with Gasteiger partial charge in [-0.3, -0.25) is 24.7 Å². The van der Waals surface area contributed by atoms with Gasteiger partial charge in [0.25, 0.3) is 0 Å². The summed E-state index contributed by atoms with van der Waals surface area (Å²) >= 11 is 6.53. The molecule has 16 heteroatoms. The first-order chi connectivity index (χ1) is 29.7. The summed E-state index contributed by atoms with van der Waals surface area (Å²) in [6.07, 6.45) is 4.50. The van der Waals surface area contributed by atoms with E-state index in [1.54, 1.807) is 38.1 Å². The maximum absolute atomic E-state index is 13.1. The molecule has 2 amide bonds. The highest BCUT2D eigenvalue weighted by Crippen LogP contribution is 2.39. The molecule has 3 aromatic carbocycles. The third-order valence-corrected chi connectivity index (χ3v) is 15.0. The molecule has 4 aromatic rings. The highest BCUT2D eigenvalue weighted by molar-refractivity contribution is 7.92. The van der Waals surface area contributed by atoms with Crippen LogP contribution in [-0.4, -0.2) is 109 Å². The molecule has 8 rings (SSSR count). The molecule has 4 saturated heterocycles. The molecule has 4 N–H and O–H groups in total. The van der Waals surface area contributed by atoms with Crippen LogP contribution in [-0.2, 0) is 19.4 Å². The predicted molar refractivity (Wildman–Crippen MR) is 245 cm³/mol. The number of anilines is 6. The maximum Gasteiger partial charge on any atom is 0.249 e. The fraction of sp³-hybridized carbons (Fsp3) is 0.478. The fourth-order valence-corrected chi connectivity index (χ4v) is 10.3. The van der Waals surface area contributed by atoms with Crippen molar-refractivity contribution < 1.29 is 22.7 Å². The summed E-state index contributed by atoms with van der Waals surface area (Å²) < 4.78 is 32.6. The van der Waals surface area contributed by atoms with Gasteiger partial charge in [-0.05, 0) is 133 Å². The molecule has 4 fully saturated rings. The van der Waals surface area contributed by atoms with E-state index in [2.05, 4.69) is 77.1 Å². The van der Waals surface area contributed by atoms with Crippen molar-refractivity contribution in [3.05, 3.63) is 83.0 Å². The molecule has 0 aliphatic carbocycles. The van der Waals surface area contributed by atoms with Crippen LogP contribution in [0.5, 0.6) is 5.75 Å². The molecular formula is C46H58ClN9O5S. The van der Waals surface area contributed by atoms with Crippen molar-refractivity contribution in [3.63, 3.8) is 0 Å². The van der Waals surface area contributed by atoms with Gasteiger partial charge < -0.3 is 25.6 Å². The molecule has 4 aliphatic heterocycles. The second kappa shape index (κ2) is 18.4. The Balaban J connectivity index is 0.822. The molecule has 62 heavy (non-hydrogen) atoms. The van der Waals surface area contributed by atoms with E-state index in [4.69, 9.17) is 16.3 Å². The number of nitrogens with zero attached hydrogens (tertiary/aromatic N) is 5. The maximum atomic E-state index is 13.1. The number of hydrogen-bond donors (Lipinski definition) is 4. The second-order valence-electron chi connectivity index (χ2n) is 17.8. The molecule has 1 atom stereocenters. The van der Waals surface area contributed by atoms with Crippen molar-refractivity contribution in [2.45, 2.75) is 94.6 Å². The summed E-state index contributed by atoms with van der Waals surface area (Å²) in [7, 11) is -3.56. The Kier molecular flexibility index (Phi) is 13.0. The van der Waals surface area contributed by atoms with Gasteiger partial charge in [-0.25, -0.2) is 13.4 Å². The average Bonchev–Trinajstić information content (AvgIpc) is 3.20. The number of carbonyl (C=O) groups excluding carboxylic acids is 2. The zero-order chi connectivity index (χ0) is 43.7. The Bertz CT molecular complexity index is 2380. The quantitative estimate of drug-likeness (QED) is 0.0896. The van der Waals surface area contributed by atoms with Crippen molar-refractivity contribution >= 4 is 67.8 Å². The van der Waals surface area contributed by atoms with Crippen LogP contribution in [0.3, 0.4) is 0 Å². The van der Waals surface area contributed by atoms with Crippen LogP contribution < -0.4 is 30.9 Å². The lowest BCUT2D eigenvalue weighted by molar-refractivity contribution is -0.133. The molecule has 0 radical (unpaired) electrons. The second-order valence-corrected chi connectivity index (χ2v) is 20.6. The number of carbonyl (C=O) groups is 2. The molecule has 330 valence electrons. The SMILES string of the molecule is Cc1cc(Nc2ncc(Cl)c(Nc3ccccc3S(=O)(=O)C(C)C)n2)c(OC(C)C)cc1C1CCN(C2CN(CC3CN(c4ccc(NC5CCC(=O)NC5=O)cc4)C3)C2)CC1. The summed E-state index contributed by atoms with van der Waals surface area (Å²) in [5, 5.41) is 11.8. The highest BCUT2D eigenvalue weighted by atomic mass is 35.5. The van der Waals surface area contributed by atoms with Crippen LogP contribution in [0.1, 0.15) is 70.4 Å². The van der Waals surface area contributed by atoms with Gasteiger partial charge >= 0.3 is 0 Å². The van der Waals surface area contributed by atoms with Gasteiger partial charge in [0.15, 0.2) is 15.7 Å². The lowest BCUT2D eigenvalue weighted by atomic mass is 9.85. The molecule has 14 nitrogen and oxygen atoms in total. The van der Waals surface area contributed by atoms with Crippen molar-refractivity contribution in [2.75, 3.05) is 66.7 Å².